The molecule has 1 aliphatic heterocycles. The molecule has 0 bridgehead atoms. The third-order valence-corrected chi connectivity index (χ3v) is 5.53. The molecular weight excluding hydrogens is 461 g/mol. The number of hydrogen-bond acceptors (Lipinski definition) is 7. The summed E-state index contributed by atoms with van der Waals surface area (Å²) in [4.78, 5) is 11.1. The molecule has 8 nitrogen and oxygen atoms in total. The Morgan fingerprint density at radius 3 is 2.70 bits per heavy atom. The molecule has 2 aromatic carbocycles. The summed E-state index contributed by atoms with van der Waals surface area (Å²) >= 11 is 6.12. The fourth-order valence-corrected chi connectivity index (χ4v) is 3.81. The van der Waals surface area contributed by atoms with E-state index in [2.05, 4.69) is 54.8 Å². The summed E-state index contributed by atoms with van der Waals surface area (Å²) in [5, 5.41) is 10.2. The second-order valence-corrected chi connectivity index (χ2v) is 7.93. The number of halogens is 2. The minimum Gasteiger partial charge on any atom is -0.379 e. The van der Waals surface area contributed by atoms with Crippen LogP contribution in [0.2, 0.25) is 5.02 Å². The van der Waals surface area contributed by atoms with E-state index in [0.29, 0.717) is 16.5 Å². The van der Waals surface area contributed by atoms with Gasteiger partial charge in [0.1, 0.15) is 6.33 Å². The van der Waals surface area contributed by atoms with Crippen LogP contribution >= 0.6 is 24.0 Å². The highest BCUT2D eigenvalue weighted by atomic mass is 35.5. The Bertz CT molecular complexity index is 1240. The average molecular weight is 484 g/mol. The second kappa shape index (κ2) is 10.7. The van der Waals surface area contributed by atoms with E-state index in [9.17, 15) is 0 Å². The number of morpholine rings is 1. The highest BCUT2D eigenvalue weighted by Gasteiger charge is 2.12. The molecule has 10 heteroatoms. The number of anilines is 1. The summed E-state index contributed by atoms with van der Waals surface area (Å²) in [5.74, 6) is 0.587. The van der Waals surface area contributed by atoms with Crippen molar-refractivity contribution in [2.24, 2.45) is 5.10 Å². The van der Waals surface area contributed by atoms with E-state index in [1.165, 1.54) is 11.9 Å². The maximum absolute atomic E-state index is 6.12. The van der Waals surface area contributed by atoms with Crippen molar-refractivity contribution in [3.8, 4) is 5.69 Å². The molecule has 0 radical (unpaired) electrons. The first-order valence-corrected chi connectivity index (χ1v) is 10.8. The highest BCUT2D eigenvalue weighted by Crippen LogP contribution is 2.23. The monoisotopic (exact) mass is 483 g/mol. The fraction of sp³-hybridized carbons (Fsp3) is 0.217. The van der Waals surface area contributed by atoms with Gasteiger partial charge in [0.05, 0.1) is 36.7 Å². The molecule has 2 aromatic heterocycles. The van der Waals surface area contributed by atoms with Crippen LogP contribution in [0.15, 0.2) is 66.2 Å². The quantitative estimate of drug-likeness (QED) is 0.327. The minimum absolute atomic E-state index is 0. The molecule has 170 valence electrons. The number of nitrogens with zero attached hydrogens (tertiary/aromatic N) is 6. The van der Waals surface area contributed by atoms with Crippen LogP contribution in [0.25, 0.3) is 16.7 Å². The first-order valence-electron chi connectivity index (χ1n) is 10.4. The van der Waals surface area contributed by atoms with Crippen molar-refractivity contribution in [3.63, 3.8) is 0 Å². The Morgan fingerprint density at radius 1 is 1.09 bits per heavy atom. The third kappa shape index (κ3) is 5.48. The van der Waals surface area contributed by atoms with Crippen molar-refractivity contribution in [1.29, 1.82) is 0 Å². The molecule has 0 amide bonds. The zero-order chi connectivity index (χ0) is 21.8. The van der Waals surface area contributed by atoms with Gasteiger partial charge in [-0.3, -0.25) is 10.3 Å². The lowest BCUT2D eigenvalue weighted by Gasteiger charge is -2.26. The van der Waals surface area contributed by atoms with E-state index in [4.69, 9.17) is 16.3 Å². The number of hydrazone groups is 1. The topological polar surface area (TPSA) is 80.5 Å². The predicted octanol–water partition coefficient (Wildman–Crippen LogP) is 4.17. The van der Waals surface area contributed by atoms with Crippen LogP contribution in [0.3, 0.4) is 0 Å². The van der Waals surface area contributed by atoms with Crippen LogP contribution in [0, 0.1) is 0 Å². The Hall–Kier alpha value is -3.04. The molecule has 1 fully saturated rings. The molecule has 1 aliphatic rings. The maximum Gasteiger partial charge on any atom is 0.168 e. The van der Waals surface area contributed by atoms with Gasteiger partial charge >= 0.3 is 0 Å². The molecule has 1 saturated heterocycles. The van der Waals surface area contributed by atoms with Gasteiger partial charge in [-0.25, -0.2) is 14.6 Å². The van der Waals surface area contributed by atoms with Crippen LogP contribution in [0.1, 0.15) is 11.1 Å². The Labute approximate surface area is 202 Å². The van der Waals surface area contributed by atoms with Crippen molar-refractivity contribution in [2.45, 2.75) is 6.54 Å². The Balaban J connectivity index is 0.00000259. The Morgan fingerprint density at radius 2 is 1.91 bits per heavy atom. The van der Waals surface area contributed by atoms with Gasteiger partial charge in [0, 0.05) is 24.7 Å². The summed E-state index contributed by atoms with van der Waals surface area (Å²) in [7, 11) is 0. The smallest absolute Gasteiger partial charge is 0.168 e. The number of nitrogens with one attached hydrogen (secondary N) is 1. The van der Waals surface area contributed by atoms with Gasteiger partial charge in [-0.2, -0.15) is 10.2 Å². The van der Waals surface area contributed by atoms with Crippen molar-refractivity contribution < 1.29 is 4.74 Å². The lowest BCUT2D eigenvalue weighted by atomic mass is 10.1. The van der Waals surface area contributed by atoms with Crippen LogP contribution in [-0.4, -0.2) is 57.2 Å². The van der Waals surface area contributed by atoms with E-state index in [-0.39, 0.29) is 12.4 Å². The number of aromatic nitrogens is 4. The van der Waals surface area contributed by atoms with E-state index in [1.807, 2.05) is 24.3 Å². The molecule has 5 rings (SSSR count). The number of fused-ring (bicyclic) bond motifs is 1. The van der Waals surface area contributed by atoms with Crippen LogP contribution in [0.4, 0.5) is 5.82 Å². The van der Waals surface area contributed by atoms with E-state index >= 15 is 0 Å². The zero-order valence-electron chi connectivity index (χ0n) is 17.8. The van der Waals surface area contributed by atoms with Gasteiger partial charge in [0.15, 0.2) is 11.5 Å². The average Bonchev–Trinajstić information content (AvgIpc) is 3.26. The molecular formula is C23H23Cl2N7O. The molecule has 3 heterocycles. The van der Waals surface area contributed by atoms with Gasteiger partial charge in [0.25, 0.3) is 0 Å². The van der Waals surface area contributed by atoms with E-state index in [0.717, 1.165) is 49.5 Å². The van der Waals surface area contributed by atoms with E-state index < -0.39 is 0 Å². The van der Waals surface area contributed by atoms with Gasteiger partial charge in [-0.1, -0.05) is 41.9 Å². The molecule has 33 heavy (non-hydrogen) atoms. The first-order chi connectivity index (χ1) is 15.8. The van der Waals surface area contributed by atoms with Gasteiger partial charge in [-0.05, 0) is 29.3 Å². The molecule has 0 atom stereocenters. The van der Waals surface area contributed by atoms with Crippen LogP contribution < -0.4 is 5.43 Å². The van der Waals surface area contributed by atoms with Crippen LogP contribution in [0.5, 0.6) is 0 Å². The Kier molecular flexibility index (Phi) is 7.51. The lowest BCUT2D eigenvalue weighted by Crippen LogP contribution is -2.35. The fourth-order valence-electron chi connectivity index (χ4n) is 3.62. The lowest BCUT2D eigenvalue weighted by molar-refractivity contribution is 0.0342. The number of hydrogen-bond donors (Lipinski definition) is 1. The second-order valence-electron chi connectivity index (χ2n) is 7.50. The highest BCUT2D eigenvalue weighted by molar-refractivity contribution is 6.30. The molecule has 0 aliphatic carbocycles. The zero-order valence-corrected chi connectivity index (χ0v) is 19.3. The minimum atomic E-state index is 0. The third-order valence-electron chi connectivity index (χ3n) is 5.29. The van der Waals surface area contributed by atoms with Crippen LogP contribution in [-0.2, 0) is 11.3 Å². The molecule has 0 unspecified atom stereocenters. The molecule has 0 spiro atoms. The van der Waals surface area contributed by atoms with Crippen molar-refractivity contribution >= 4 is 47.1 Å². The SMILES string of the molecule is Cl.Clc1cccc(-n2ncc3c(NN=Cc4ccc(CN5CCOCC5)cc4)ncnc32)c1. The number of rotatable bonds is 6. The van der Waals surface area contributed by atoms with Crippen molar-refractivity contribution in [1.82, 2.24) is 24.6 Å². The molecule has 0 saturated carbocycles. The molecule has 4 aromatic rings. The summed E-state index contributed by atoms with van der Waals surface area (Å²) in [6.07, 6.45) is 4.98. The van der Waals surface area contributed by atoms with Gasteiger partial charge < -0.3 is 4.74 Å². The van der Waals surface area contributed by atoms with Crippen molar-refractivity contribution in [3.05, 3.63) is 77.2 Å². The van der Waals surface area contributed by atoms with Gasteiger partial charge in [-0.15, -0.1) is 12.4 Å². The summed E-state index contributed by atoms with van der Waals surface area (Å²) in [6, 6.07) is 15.9. The largest absolute Gasteiger partial charge is 0.379 e. The number of benzene rings is 2. The maximum atomic E-state index is 6.12. The normalized spacial score (nSPS) is 14.5. The standard InChI is InChI=1S/C23H22ClN7O.ClH/c24-19-2-1-3-20(12-19)31-23-21(14-28-31)22(25-16-26-23)29-27-13-17-4-6-18(7-5-17)15-30-8-10-32-11-9-30;/h1-7,12-14,16H,8-11,15H2,(H,25,26,29);1H. The summed E-state index contributed by atoms with van der Waals surface area (Å²) in [5.41, 5.74) is 6.80. The van der Waals surface area contributed by atoms with Crippen molar-refractivity contribution in [2.75, 3.05) is 31.7 Å². The van der Waals surface area contributed by atoms with Gasteiger partial charge in [0.2, 0.25) is 0 Å². The predicted molar refractivity (Wildman–Crippen MR) is 133 cm³/mol. The number of ether oxygens (including phenoxy) is 1. The van der Waals surface area contributed by atoms with E-state index in [1.54, 1.807) is 17.1 Å². The molecule has 1 N–H and O–H groups in total. The summed E-state index contributed by atoms with van der Waals surface area (Å²) in [6.45, 7) is 4.52. The summed E-state index contributed by atoms with van der Waals surface area (Å²) < 4.78 is 7.13. The first kappa shape index (κ1) is 23.1.